The Bertz CT molecular complexity index is 528. The number of aliphatic hydroxyl groups is 1. The van der Waals surface area contributed by atoms with Crippen LogP contribution in [-0.4, -0.2) is 77.3 Å². The first-order valence-corrected chi connectivity index (χ1v) is 7.69. The van der Waals surface area contributed by atoms with E-state index in [4.69, 9.17) is 0 Å². The molecule has 0 spiro atoms. The normalized spacial score (nSPS) is 20.2. The van der Waals surface area contributed by atoms with Gasteiger partial charge in [0.25, 0.3) is 10.2 Å². The van der Waals surface area contributed by atoms with E-state index in [0.717, 1.165) is 0 Å². The Morgan fingerprint density at radius 3 is 2.25 bits per heavy atom. The largest absolute Gasteiger partial charge is 0.371 e. The Labute approximate surface area is 118 Å². The number of rotatable bonds is 4. The smallest absolute Gasteiger partial charge is 0.281 e. The second-order valence-corrected chi connectivity index (χ2v) is 6.85. The minimum atomic E-state index is -3.39. The summed E-state index contributed by atoms with van der Waals surface area (Å²) in [5.41, 5.74) is 0. The average molecular weight is 301 g/mol. The van der Waals surface area contributed by atoms with Crippen molar-refractivity contribution in [2.45, 2.75) is 6.23 Å². The molecule has 0 bridgehead atoms. The summed E-state index contributed by atoms with van der Waals surface area (Å²) in [7, 11) is -0.370. The molecular weight excluding hydrogens is 282 g/mol. The molecule has 1 aromatic heterocycles. The predicted octanol–water partition coefficient (Wildman–Crippen LogP) is -1.11. The van der Waals surface area contributed by atoms with Crippen LogP contribution in [0.3, 0.4) is 0 Å². The van der Waals surface area contributed by atoms with Crippen LogP contribution in [-0.2, 0) is 10.2 Å². The third-order valence-electron chi connectivity index (χ3n) is 3.22. The lowest BCUT2D eigenvalue weighted by atomic mass is 10.3. The highest BCUT2D eigenvalue weighted by Crippen LogP contribution is 2.17. The van der Waals surface area contributed by atoms with Crippen molar-refractivity contribution in [3.05, 3.63) is 24.3 Å². The molecule has 1 aromatic rings. The molecule has 0 radical (unpaired) electrons. The predicted molar refractivity (Wildman–Crippen MR) is 72.7 cm³/mol. The lowest BCUT2D eigenvalue weighted by Gasteiger charge is -2.36. The summed E-state index contributed by atoms with van der Waals surface area (Å²) in [6.07, 6.45) is 2.23. The van der Waals surface area contributed by atoms with Crippen LogP contribution in [0.5, 0.6) is 0 Å². The van der Waals surface area contributed by atoms with Crippen LogP contribution >= 0.6 is 0 Å². The van der Waals surface area contributed by atoms with Gasteiger partial charge in [-0.2, -0.15) is 17.0 Å². The zero-order valence-corrected chi connectivity index (χ0v) is 12.4. The van der Waals surface area contributed by atoms with Gasteiger partial charge in [0.1, 0.15) is 0 Å². The Hall–Kier alpha value is -1.13. The summed E-state index contributed by atoms with van der Waals surface area (Å²) < 4.78 is 26.6. The maximum Gasteiger partial charge on any atom is 0.281 e. The van der Waals surface area contributed by atoms with Gasteiger partial charge in [-0.25, -0.2) is 9.97 Å². The molecule has 112 valence electrons. The molecule has 1 saturated heterocycles. The topological polar surface area (TPSA) is 89.9 Å². The molecule has 8 nitrogen and oxygen atoms in total. The van der Waals surface area contributed by atoms with Gasteiger partial charge in [-0.3, -0.25) is 4.90 Å². The van der Waals surface area contributed by atoms with E-state index in [1.54, 1.807) is 23.4 Å². The van der Waals surface area contributed by atoms with Crippen molar-refractivity contribution in [1.29, 1.82) is 0 Å². The molecule has 0 aromatic carbocycles. The molecule has 9 heteroatoms. The molecule has 2 rings (SSSR count). The van der Waals surface area contributed by atoms with Crippen LogP contribution in [0.2, 0.25) is 0 Å². The summed E-state index contributed by atoms with van der Waals surface area (Å²) >= 11 is 0. The van der Waals surface area contributed by atoms with Crippen LogP contribution in [0, 0.1) is 0 Å². The molecule has 0 amide bonds. The summed E-state index contributed by atoms with van der Waals surface area (Å²) in [4.78, 5) is 9.77. The van der Waals surface area contributed by atoms with Crippen LogP contribution in [0.25, 0.3) is 0 Å². The van der Waals surface area contributed by atoms with Gasteiger partial charge in [0.05, 0.1) is 0 Å². The number of hydrogen-bond donors (Lipinski definition) is 1. The van der Waals surface area contributed by atoms with Crippen LogP contribution in [0.1, 0.15) is 12.1 Å². The Balaban J connectivity index is 1.98. The monoisotopic (exact) mass is 301 g/mol. The van der Waals surface area contributed by atoms with Crippen molar-refractivity contribution in [2.75, 3.05) is 40.3 Å². The van der Waals surface area contributed by atoms with Crippen molar-refractivity contribution < 1.29 is 13.5 Å². The second-order valence-electron chi connectivity index (χ2n) is 4.71. The number of aromatic nitrogens is 2. The van der Waals surface area contributed by atoms with Crippen LogP contribution < -0.4 is 0 Å². The zero-order valence-electron chi connectivity index (χ0n) is 11.5. The highest BCUT2D eigenvalue weighted by atomic mass is 32.2. The fourth-order valence-corrected chi connectivity index (χ4v) is 3.10. The Morgan fingerprint density at radius 1 is 1.20 bits per heavy atom. The highest BCUT2D eigenvalue weighted by Gasteiger charge is 2.31. The second kappa shape index (κ2) is 6.10. The lowest BCUT2D eigenvalue weighted by Crippen LogP contribution is -2.52. The van der Waals surface area contributed by atoms with E-state index in [0.29, 0.717) is 32.0 Å². The van der Waals surface area contributed by atoms with Gasteiger partial charge in [-0.1, -0.05) is 0 Å². The van der Waals surface area contributed by atoms with E-state index in [9.17, 15) is 13.5 Å². The van der Waals surface area contributed by atoms with E-state index in [1.807, 2.05) is 0 Å². The number of nitrogens with zero attached hydrogens (tertiary/aromatic N) is 5. The first-order valence-electron chi connectivity index (χ1n) is 6.29. The van der Waals surface area contributed by atoms with Gasteiger partial charge in [0.2, 0.25) is 0 Å². The SMILES string of the molecule is CN(C)S(=O)(=O)N1CCN(C(O)c2ncccn2)CC1. The van der Waals surface area contributed by atoms with Crippen molar-refractivity contribution in [3.63, 3.8) is 0 Å². The van der Waals surface area contributed by atoms with E-state index in [2.05, 4.69) is 9.97 Å². The van der Waals surface area contributed by atoms with E-state index >= 15 is 0 Å². The molecular formula is C11H19N5O3S. The van der Waals surface area contributed by atoms with Gasteiger partial charge in [0.15, 0.2) is 12.1 Å². The van der Waals surface area contributed by atoms with Crippen molar-refractivity contribution >= 4 is 10.2 Å². The standard InChI is InChI=1S/C11H19N5O3S/c1-14(2)20(18,19)16-8-6-15(7-9-16)11(17)10-12-4-3-5-13-10/h3-5,11,17H,6-9H2,1-2H3. The first kappa shape index (κ1) is 15.3. The molecule has 20 heavy (non-hydrogen) atoms. The van der Waals surface area contributed by atoms with Gasteiger partial charge in [-0.15, -0.1) is 0 Å². The fraction of sp³-hybridized carbons (Fsp3) is 0.636. The molecule has 1 unspecified atom stereocenters. The molecule has 0 saturated carbocycles. The molecule has 2 heterocycles. The van der Waals surface area contributed by atoms with E-state index in [-0.39, 0.29) is 0 Å². The average Bonchev–Trinajstić information content (AvgIpc) is 2.47. The molecule has 1 aliphatic rings. The van der Waals surface area contributed by atoms with Crippen molar-refractivity contribution in [2.24, 2.45) is 0 Å². The van der Waals surface area contributed by atoms with E-state index < -0.39 is 16.4 Å². The van der Waals surface area contributed by atoms with Gasteiger partial charge in [-0.05, 0) is 6.07 Å². The summed E-state index contributed by atoms with van der Waals surface area (Å²) in [6.45, 7) is 1.55. The lowest BCUT2D eigenvalue weighted by molar-refractivity contribution is -0.0224. The van der Waals surface area contributed by atoms with E-state index in [1.165, 1.54) is 22.7 Å². The number of piperazine rings is 1. The summed E-state index contributed by atoms with van der Waals surface area (Å²) in [5.74, 6) is 0.330. The maximum absolute atomic E-state index is 12.0. The highest BCUT2D eigenvalue weighted by molar-refractivity contribution is 7.86. The quantitative estimate of drug-likeness (QED) is 0.758. The molecule has 1 N–H and O–H groups in total. The molecule has 1 aliphatic heterocycles. The third-order valence-corrected chi connectivity index (χ3v) is 5.16. The zero-order chi connectivity index (χ0) is 14.8. The Morgan fingerprint density at radius 2 is 1.75 bits per heavy atom. The van der Waals surface area contributed by atoms with Gasteiger partial charge < -0.3 is 5.11 Å². The summed E-state index contributed by atoms with van der Waals surface area (Å²) in [5, 5.41) is 10.2. The first-order chi connectivity index (χ1) is 9.43. The number of aliphatic hydroxyl groups excluding tert-OH is 1. The fourth-order valence-electron chi connectivity index (χ4n) is 2.02. The number of hydrogen-bond acceptors (Lipinski definition) is 6. The van der Waals surface area contributed by atoms with Crippen LogP contribution in [0.15, 0.2) is 18.5 Å². The summed E-state index contributed by atoms with van der Waals surface area (Å²) in [6, 6.07) is 1.68. The van der Waals surface area contributed by atoms with Crippen molar-refractivity contribution in [3.8, 4) is 0 Å². The maximum atomic E-state index is 12.0. The molecule has 1 fully saturated rings. The Kier molecular flexibility index (Phi) is 4.66. The van der Waals surface area contributed by atoms with Crippen LogP contribution in [0.4, 0.5) is 0 Å². The minimum absolute atomic E-state index is 0.330. The molecule has 1 atom stereocenters. The minimum Gasteiger partial charge on any atom is -0.371 e. The third kappa shape index (κ3) is 3.13. The van der Waals surface area contributed by atoms with Gasteiger partial charge >= 0.3 is 0 Å². The van der Waals surface area contributed by atoms with Crippen molar-refractivity contribution in [1.82, 2.24) is 23.5 Å². The van der Waals surface area contributed by atoms with Gasteiger partial charge in [0, 0.05) is 52.7 Å². The molecule has 0 aliphatic carbocycles.